The van der Waals surface area contributed by atoms with Crippen LogP contribution in [0, 0.1) is 17.2 Å². The Morgan fingerprint density at radius 2 is 1.96 bits per heavy atom. The van der Waals surface area contributed by atoms with Crippen molar-refractivity contribution >= 4 is 17.7 Å². The Morgan fingerprint density at radius 1 is 1.21 bits per heavy atom. The minimum Gasteiger partial charge on any atom is -0.456 e. The van der Waals surface area contributed by atoms with Crippen LogP contribution in [0.25, 0.3) is 5.69 Å². The normalized spacial score (nSPS) is 14.2. The van der Waals surface area contributed by atoms with Crippen LogP contribution in [-0.4, -0.2) is 28.3 Å². The average Bonchev–Trinajstić information content (AvgIpc) is 3.14. The number of hydrogen-bond acceptors (Lipinski definition) is 5. The van der Waals surface area contributed by atoms with Crippen molar-refractivity contribution in [1.29, 1.82) is 5.26 Å². The van der Waals surface area contributed by atoms with E-state index in [9.17, 15) is 14.9 Å². The summed E-state index contributed by atoms with van der Waals surface area (Å²) in [6, 6.07) is 11.2. The molecule has 1 amide bonds. The van der Waals surface area contributed by atoms with Gasteiger partial charge in [0.2, 0.25) is 0 Å². The number of amides is 1. The number of nitriles is 1. The predicted octanol–water partition coefficient (Wildman–Crippen LogP) is 3.59. The molecule has 1 aromatic carbocycles. The Kier molecular flexibility index (Phi) is 6.79. The fourth-order valence-electron chi connectivity index (χ4n) is 3.50. The van der Waals surface area contributed by atoms with Crippen molar-refractivity contribution in [3.05, 3.63) is 42.1 Å². The molecule has 0 bridgehead atoms. The minimum atomic E-state index is -0.500. The lowest BCUT2D eigenvalue weighted by molar-refractivity contribution is -0.147. The molecule has 0 aliphatic heterocycles. The van der Waals surface area contributed by atoms with Gasteiger partial charge in [0.15, 0.2) is 12.4 Å². The van der Waals surface area contributed by atoms with Gasteiger partial charge in [0.05, 0.1) is 11.9 Å². The van der Waals surface area contributed by atoms with Crippen molar-refractivity contribution in [2.45, 2.75) is 44.9 Å². The zero-order chi connectivity index (χ0) is 19.8. The Hall–Kier alpha value is -3.14. The van der Waals surface area contributed by atoms with Crippen LogP contribution in [0.5, 0.6) is 0 Å². The zero-order valence-corrected chi connectivity index (χ0v) is 15.8. The third kappa shape index (κ3) is 5.19. The molecule has 1 aromatic heterocycles. The maximum atomic E-state index is 12.2. The van der Waals surface area contributed by atoms with Gasteiger partial charge in [-0.05, 0) is 24.5 Å². The highest BCUT2D eigenvalue weighted by atomic mass is 16.5. The van der Waals surface area contributed by atoms with Gasteiger partial charge in [-0.2, -0.15) is 10.4 Å². The van der Waals surface area contributed by atoms with Crippen molar-refractivity contribution in [1.82, 2.24) is 9.78 Å². The van der Waals surface area contributed by atoms with Gasteiger partial charge in [-0.15, -0.1) is 0 Å². The number of nitrogens with one attached hydrogen (secondary N) is 1. The van der Waals surface area contributed by atoms with E-state index in [-0.39, 0.29) is 24.0 Å². The summed E-state index contributed by atoms with van der Waals surface area (Å²) < 4.78 is 6.57. The van der Waals surface area contributed by atoms with Crippen molar-refractivity contribution in [2.75, 3.05) is 11.9 Å². The van der Waals surface area contributed by atoms with Crippen molar-refractivity contribution in [3.8, 4) is 11.8 Å². The summed E-state index contributed by atoms with van der Waals surface area (Å²) >= 11 is 0. The molecule has 0 spiro atoms. The molecule has 1 fully saturated rings. The van der Waals surface area contributed by atoms with Crippen molar-refractivity contribution < 1.29 is 14.3 Å². The number of aromatic nitrogens is 2. The largest absolute Gasteiger partial charge is 0.456 e. The lowest BCUT2D eigenvalue weighted by Gasteiger charge is -2.20. The van der Waals surface area contributed by atoms with Gasteiger partial charge in [-0.25, -0.2) is 4.68 Å². The second-order valence-electron chi connectivity index (χ2n) is 7.02. The van der Waals surface area contributed by atoms with Gasteiger partial charge in [-0.1, -0.05) is 50.3 Å². The molecule has 7 heteroatoms. The molecular weight excluding hydrogens is 356 g/mol. The van der Waals surface area contributed by atoms with Crippen LogP contribution >= 0.6 is 0 Å². The van der Waals surface area contributed by atoms with E-state index in [4.69, 9.17) is 4.74 Å². The van der Waals surface area contributed by atoms with Crippen LogP contribution in [0.1, 0.15) is 50.5 Å². The van der Waals surface area contributed by atoms with E-state index in [1.165, 1.54) is 43.0 Å². The number of rotatable bonds is 7. The summed E-state index contributed by atoms with van der Waals surface area (Å²) in [5.41, 5.74) is 0.949. The molecule has 1 aliphatic carbocycles. The van der Waals surface area contributed by atoms with Crippen LogP contribution in [0.4, 0.5) is 5.82 Å². The zero-order valence-electron chi connectivity index (χ0n) is 15.8. The number of carbonyl (C=O) groups is 2. The highest BCUT2D eigenvalue weighted by Gasteiger charge is 2.18. The fraction of sp³-hybridized carbons (Fsp3) is 0.429. The molecule has 1 saturated carbocycles. The van der Waals surface area contributed by atoms with Crippen LogP contribution < -0.4 is 5.32 Å². The summed E-state index contributed by atoms with van der Waals surface area (Å²) in [5, 5.41) is 16.1. The highest BCUT2D eigenvalue weighted by molar-refractivity contribution is 5.93. The minimum absolute atomic E-state index is 0.237. The molecular formula is C21H24N4O3. The Labute approximate surface area is 164 Å². The number of hydrogen-bond donors (Lipinski definition) is 1. The van der Waals surface area contributed by atoms with Crippen LogP contribution in [0.3, 0.4) is 0 Å². The topological polar surface area (TPSA) is 97.0 Å². The smallest absolute Gasteiger partial charge is 0.306 e. The maximum absolute atomic E-state index is 12.2. The Balaban J connectivity index is 1.53. The summed E-state index contributed by atoms with van der Waals surface area (Å²) in [5.74, 6) is -0.0107. The number of esters is 1. The van der Waals surface area contributed by atoms with E-state index in [1.54, 1.807) is 0 Å². The summed E-state index contributed by atoms with van der Waals surface area (Å²) in [7, 11) is 0. The van der Waals surface area contributed by atoms with Crippen LogP contribution in [0.2, 0.25) is 0 Å². The molecule has 0 saturated heterocycles. The summed E-state index contributed by atoms with van der Waals surface area (Å²) in [6.07, 6.45) is 8.65. The van der Waals surface area contributed by atoms with E-state index in [0.29, 0.717) is 18.0 Å². The summed E-state index contributed by atoms with van der Waals surface area (Å²) in [4.78, 5) is 24.2. The second kappa shape index (κ2) is 9.70. The molecule has 0 unspecified atom stereocenters. The van der Waals surface area contributed by atoms with E-state index in [2.05, 4.69) is 10.4 Å². The molecule has 1 N–H and O–H groups in total. The molecule has 1 heterocycles. The lowest BCUT2D eigenvalue weighted by Crippen LogP contribution is -2.23. The molecule has 28 heavy (non-hydrogen) atoms. The molecule has 2 aromatic rings. The first-order chi connectivity index (χ1) is 13.7. The number of para-hydroxylation sites is 1. The van der Waals surface area contributed by atoms with Gasteiger partial charge in [0.25, 0.3) is 5.91 Å². The second-order valence-corrected chi connectivity index (χ2v) is 7.02. The Bertz CT molecular complexity index is 848. The highest BCUT2D eigenvalue weighted by Crippen LogP contribution is 2.27. The van der Waals surface area contributed by atoms with Crippen LogP contribution in [0.15, 0.2) is 36.5 Å². The molecule has 3 rings (SSSR count). The molecule has 0 atom stereocenters. The van der Waals surface area contributed by atoms with Gasteiger partial charge >= 0.3 is 5.97 Å². The van der Waals surface area contributed by atoms with Crippen molar-refractivity contribution in [2.24, 2.45) is 5.92 Å². The third-order valence-corrected chi connectivity index (χ3v) is 4.99. The fourth-order valence-corrected chi connectivity index (χ4v) is 3.50. The molecule has 0 radical (unpaired) electrons. The molecule has 1 aliphatic rings. The quantitative estimate of drug-likeness (QED) is 0.741. The van der Waals surface area contributed by atoms with E-state index in [1.807, 2.05) is 36.4 Å². The molecule has 7 nitrogen and oxygen atoms in total. The number of anilines is 1. The van der Waals surface area contributed by atoms with Crippen molar-refractivity contribution in [3.63, 3.8) is 0 Å². The Morgan fingerprint density at radius 3 is 2.68 bits per heavy atom. The first-order valence-corrected chi connectivity index (χ1v) is 9.66. The molecule has 146 valence electrons. The maximum Gasteiger partial charge on any atom is 0.306 e. The van der Waals surface area contributed by atoms with Crippen LogP contribution in [-0.2, 0) is 14.3 Å². The first-order valence-electron chi connectivity index (χ1n) is 9.66. The standard InChI is InChI=1S/C21H24N4O3/c22-13-17-14-23-25(18-9-5-2-6-10-18)21(17)24-19(26)15-28-20(27)12-11-16-7-3-1-4-8-16/h2,5-6,9-10,14,16H,1,3-4,7-8,11-12,15H2,(H,24,26). The van der Waals surface area contributed by atoms with E-state index in [0.717, 1.165) is 6.42 Å². The number of benzene rings is 1. The number of nitrogens with zero attached hydrogens (tertiary/aromatic N) is 3. The monoisotopic (exact) mass is 380 g/mol. The lowest BCUT2D eigenvalue weighted by atomic mass is 9.86. The first kappa shape index (κ1) is 19.6. The van der Waals surface area contributed by atoms with Gasteiger partial charge in [0, 0.05) is 6.42 Å². The van der Waals surface area contributed by atoms with Gasteiger partial charge in [0.1, 0.15) is 11.6 Å². The average molecular weight is 380 g/mol. The van der Waals surface area contributed by atoms with E-state index >= 15 is 0 Å². The number of ether oxygens (including phenoxy) is 1. The van der Waals surface area contributed by atoms with Gasteiger partial charge in [-0.3, -0.25) is 9.59 Å². The number of carbonyl (C=O) groups excluding carboxylic acids is 2. The SMILES string of the molecule is N#Cc1cnn(-c2ccccc2)c1NC(=O)COC(=O)CCC1CCCCC1. The predicted molar refractivity (Wildman–Crippen MR) is 104 cm³/mol. The third-order valence-electron chi connectivity index (χ3n) is 4.99. The van der Waals surface area contributed by atoms with E-state index < -0.39 is 5.91 Å². The van der Waals surface area contributed by atoms with Gasteiger partial charge < -0.3 is 10.1 Å². The summed E-state index contributed by atoms with van der Waals surface area (Å²) in [6.45, 7) is -0.381.